The first-order valence-electron chi connectivity index (χ1n) is 7.71. The van der Waals surface area contributed by atoms with Gasteiger partial charge in [-0.05, 0) is 39.4 Å². The van der Waals surface area contributed by atoms with Crippen LogP contribution in [-0.4, -0.2) is 52.1 Å². The van der Waals surface area contributed by atoms with Gasteiger partial charge in [0.05, 0.1) is 0 Å². The fourth-order valence-corrected chi connectivity index (χ4v) is 3.72. The van der Waals surface area contributed by atoms with Crippen molar-refractivity contribution in [2.24, 2.45) is 0 Å². The summed E-state index contributed by atoms with van der Waals surface area (Å²) < 4.78 is 0.194. The molecule has 5 nitrogen and oxygen atoms in total. The number of carboxylic acids is 1. The van der Waals surface area contributed by atoms with Crippen LogP contribution < -0.4 is 5.32 Å². The van der Waals surface area contributed by atoms with Crippen molar-refractivity contribution in [3.63, 3.8) is 0 Å². The van der Waals surface area contributed by atoms with Crippen LogP contribution in [0.3, 0.4) is 0 Å². The van der Waals surface area contributed by atoms with Gasteiger partial charge in [-0.2, -0.15) is 11.8 Å². The molecule has 21 heavy (non-hydrogen) atoms. The van der Waals surface area contributed by atoms with E-state index in [9.17, 15) is 9.59 Å². The second-order valence-corrected chi connectivity index (χ2v) is 7.31. The summed E-state index contributed by atoms with van der Waals surface area (Å²) in [4.78, 5) is 24.6. The smallest absolute Gasteiger partial charge is 0.317 e. The van der Waals surface area contributed by atoms with Gasteiger partial charge in [0.2, 0.25) is 0 Å². The SMILES string of the molecule is CSC1(CNC(=O)N(CCCC(=O)O)C(C)C)CCCC1. The summed E-state index contributed by atoms with van der Waals surface area (Å²) in [5.74, 6) is -0.814. The third-order valence-corrected chi connectivity index (χ3v) is 5.60. The molecule has 0 bridgehead atoms. The Bertz CT molecular complexity index is 355. The number of aliphatic carboxylic acids is 1. The highest BCUT2D eigenvalue weighted by Gasteiger charge is 2.33. The van der Waals surface area contributed by atoms with E-state index < -0.39 is 5.97 Å². The summed E-state index contributed by atoms with van der Waals surface area (Å²) in [6, 6.07) is 0.00307. The van der Waals surface area contributed by atoms with Crippen LogP contribution in [0.2, 0.25) is 0 Å². The highest BCUT2D eigenvalue weighted by atomic mass is 32.2. The first kappa shape index (κ1) is 18.1. The van der Waals surface area contributed by atoms with E-state index >= 15 is 0 Å². The van der Waals surface area contributed by atoms with Gasteiger partial charge in [-0.15, -0.1) is 0 Å². The Balaban J connectivity index is 2.46. The maximum Gasteiger partial charge on any atom is 0.317 e. The average molecular weight is 316 g/mol. The second kappa shape index (κ2) is 8.51. The van der Waals surface area contributed by atoms with Gasteiger partial charge in [0, 0.05) is 30.3 Å². The third kappa shape index (κ3) is 5.77. The Hall–Kier alpha value is -0.910. The van der Waals surface area contributed by atoms with Crippen molar-refractivity contribution in [1.82, 2.24) is 10.2 Å². The lowest BCUT2D eigenvalue weighted by atomic mass is 10.1. The lowest BCUT2D eigenvalue weighted by molar-refractivity contribution is -0.137. The summed E-state index contributed by atoms with van der Waals surface area (Å²) in [6.45, 7) is 5.11. The van der Waals surface area contributed by atoms with Gasteiger partial charge >= 0.3 is 12.0 Å². The summed E-state index contributed by atoms with van der Waals surface area (Å²) in [5, 5.41) is 11.7. The third-order valence-electron chi connectivity index (χ3n) is 4.18. The molecule has 1 aliphatic carbocycles. The van der Waals surface area contributed by atoms with Crippen LogP contribution in [-0.2, 0) is 4.79 Å². The molecule has 0 radical (unpaired) electrons. The zero-order valence-corrected chi connectivity index (χ0v) is 14.2. The number of thioether (sulfide) groups is 1. The molecule has 0 saturated heterocycles. The predicted octanol–water partition coefficient (Wildman–Crippen LogP) is 2.95. The molecule has 0 aliphatic heterocycles. The number of amides is 2. The van der Waals surface area contributed by atoms with Crippen LogP contribution in [0.4, 0.5) is 4.79 Å². The van der Waals surface area contributed by atoms with Crippen LogP contribution in [0, 0.1) is 0 Å². The fourth-order valence-electron chi connectivity index (χ4n) is 2.81. The Morgan fingerprint density at radius 1 is 1.33 bits per heavy atom. The van der Waals surface area contributed by atoms with Gasteiger partial charge in [0.25, 0.3) is 0 Å². The van der Waals surface area contributed by atoms with Gasteiger partial charge < -0.3 is 15.3 Å². The van der Waals surface area contributed by atoms with Gasteiger partial charge in [-0.1, -0.05) is 12.8 Å². The van der Waals surface area contributed by atoms with Gasteiger partial charge in [-0.3, -0.25) is 4.79 Å². The molecule has 0 atom stereocenters. The van der Waals surface area contributed by atoms with Crippen LogP contribution in [0.25, 0.3) is 0 Å². The molecule has 1 fully saturated rings. The highest BCUT2D eigenvalue weighted by Crippen LogP contribution is 2.39. The normalized spacial score (nSPS) is 17.0. The number of rotatable bonds is 8. The van der Waals surface area contributed by atoms with Crippen molar-refractivity contribution < 1.29 is 14.7 Å². The van der Waals surface area contributed by atoms with Crippen molar-refractivity contribution in [3.8, 4) is 0 Å². The fraction of sp³-hybridized carbons (Fsp3) is 0.867. The van der Waals surface area contributed by atoms with E-state index in [4.69, 9.17) is 5.11 Å². The zero-order valence-electron chi connectivity index (χ0n) is 13.4. The number of hydrogen-bond donors (Lipinski definition) is 2. The minimum Gasteiger partial charge on any atom is -0.481 e. The van der Waals surface area contributed by atoms with Crippen molar-refractivity contribution in [2.75, 3.05) is 19.3 Å². The molecule has 122 valence electrons. The van der Waals surface area contributed by atoms with E-state index in [0.717, 1.165) is 12.8 Å². The predicted molar refractivity (Wildman–Crippen MR) is 86.8 cm³/mol. The number of urea groups is 1. The molecule has 0 aromatic heterocycles. The monoisotopic (exact) mass is 316 g/mol. The van der Waals surface area contributed by atoms with Crippen molar-refractivity contribution in [3.05, 3.63) is 0 Å². The number of carbonyl (C=O) groups is 2. The molecule has 0 heterocycles. The lowest BCUT2D eigenvalue weighted by Gasteiger charge is -2.31. The van der Waals surface area contributed by atoms with E-state index in [1.165, 1.54) is 12.8 Å². The van der Waals surface area contributed by atoms with Crippen LogP contribution in [0.15, 0.2) is 0 Å². The van der Waals surface area contributed by atoms with E-state index in [1.54, 1.807) is 4.90 Å². The number of nitrogens with zero attached hydrogens (tertiary/aromatic N) is 1. The molecule has 0 aromatic rings. The molecular weight excluding hydrogens is 288 g/mol. The summed E-state index contributed by atoms with van der Waals surface area (Å²) in [5.41, 5.74) is 0. The van der Waals surface area contributed by atoms with Gasteiger partial charge in [0.1, 0.15) is 0 Å². The highest BCUT2D eigenvalue weighted by molar-refractivity contribution is 8.00. The van der Waals surface area contributed by atoms with E-state index in [-0.39, 0.29) is 23.2 Å². The van der Waals surface area contributed by atoms with Crippen molar-refractivity contribution in [1.29, 1.82) is 0 Å². The molecule has 2 N–H and O–H groups in total. The topological polar surface area (TPSA) is 69.6 Å². The van der Waals surface area contributed by atoms with E-state index in [2.05, 4.69) is 11.6 Å². The maximum atomic E-state index is 12.3. The lowest BCUT2D eigenvalue weighted by Crippen LogP contribution is -2.48. The number of carboxylic acid groups (broad SMARTS) is 1. The molecule has 2 amide bonds. The quantitative estimate of drug-likeness (QED) is 0.722. The molecular formula is C15H28N2O3S. The first-order valence-corrected chi connectivity index (χ1v) is 8.94. The van der Waals surface area contributed by atoms with E-state index in [1.807, 2.05) is 25.6 Å². The Morgan fingerprint density at radius 3 is 2.43 bits per heavy atom. The number of nitrogens with one attached hydrogen (secondary N) is 1. The number of carbonyl (C=O) groups excluding carboxylic acids is 1. The molecule has 0 aromatic carbocycles. The van der Waals surface area contributed by atoms with Gasteiger partial charge in [-0.25, -0.2) is 4.79 Å². The van der Waals surface area contributed by atoms with E-state index in [0.29, 0.717) is 19.5 Å². The standard InChI is InChI=1S/C15H28N2O3S/c1-12(2)17(10-6-7-13(18)19)14(20)16-11-15(21-3)8-4-5-9-15/h12H,4-11H2,1-3H3,(H,16,20)(H,18,19). The molecule has 6 heteroatoms. The summed E-state index contributed by atoms with van der Waals surface area (Å²) in [6.07, 6.45) is 7.51. The Morgan fingerprint density at radius 2 is 1.95 bits per heavy atom. The van der Waals surface area contributed by atoms with Crippen LogP contribution >= 0.6 is 11.8 Å². The molecule has 0 unspecified atom stereocenters. The largest absolute Gasteiger partial charge is 0.481 e. The van der Waals surface area contributed by atoms with Crippen molar-refractivity contribution >= 4 is 23.8 Å². The van der Waals surface area contributed by atoms with Crippen LogP contribution in [0.5, 0.6) is 0 Å². The molecule has 1 aliphatic rings. The molecule has 1 saturated carbocycles. The summed E-state index contributed by atoms with van der Waals surface area (Å²) >= 11 is 1.85. The maximum absolute atomic E-state index is 12.3. The Kier molecular flexibility index (Phi) is 7.35. The Labute approximate surface area is 131 Å². The first-order chi connectivity index (χ1) is 9.90. The number of hydrogen-bond acceptors (Lipinski definition) is 3. The van der Waals surface area contributed by atoms with Gasteiger partial charge in [0.15, 0.2) is 0 Å². The zero-order chi connectivity index (χ0) is 15.9. The average Bonchev–Trinajstić information content (AvgIpc) is 2.90. The van der Waals surface area contributed by atoms with Crippen molar-refractivity contribution in [2.45, 2.75) is 63.2 Å². The minimum atomic E-state index is -0.814. The summed E-state index contributed by atoms with van der Waals surface area (Å²) in [7, 11) is 0. The molecule has 0 spiro atoms. The second-order valence-electron chi connectivity index (χ2n) is 6.04. The minimum absolute atomic E-state index is 0.0734. The van der Waals surface area contributed by atoms with Crippen LogP contribution in [0.1, 0.15) is 52.4 Å². The molecule has 1 rings (SSSR count).